The molecular weight excluding hydrogens is 290 g/mol. The van der Waals surface area contributed by atoms with E-state index >= 15 is 0 Å². The van der Waals surface area contributed by atoms with E-state index in [-0.39, 0.29) is 17.4 Å². The van der Waals surface area contributed by atoms with E-state index in [1.807, 2.05) is 35.0 Å². The maximum atomic E-state index is 12.5. The zero-order valence-corrected chi connectivity index (χ0v) is 14.2. The van der Waals surface area contributed by atoms with Gasteiger partial charge in [0, 0.05) is 31.6 Å². The Hall–Kier alpha value is -2.14. The molecule has 1 atom stereocenters. The lowest BCUT2D eigenvalue weighted by Crippen LogP contribution is -2.46. The van der Waals surface area contributed by atoms with Crippen LogP contribution in [-0.2, 0) is 17.9 Å². The number of rotatable bonds is 6. The number of aromatic nitrogens is 2. The summed E-state index contributed by atoms with van der Waals surface area (Å²) in [6.07, 6.45) is 5.42. The molecule has 0 radical (unpaired) electrons. The van der Waals surface area contributed by atoms with E-state index in [0.717, 1.165) is 5.56 Å². The smallest absolute Gasteiger partial charge is 0.251 e. The van der Waals surface area contributed by atoms with Crippen LogP contribution in [0.5, 0.6) is 0 Å². The van der Waals surface area contributed by atoms with Crippen LogP contribution in [0.3, 0.4) is 0 Å². The molecule has 2 aromatic rings. The predicted octanol–water partition coefficient (Wildman–Crippen LogP) is 2.87. The van der Waals surface area contributed by atoms with E-state index in [0.29, 0.717) is 18.7 Å². The van der Waals surface area contributed by atoms with Crippen molar-refractivity contribution in [3.05, 3.63) is 54.1 Å². The summed E-state index contributed by atoms with van der Waals surface area (Å²) in [7, 11) is 1.66. The number of imidazole rings is 1. The minimum Gasteiger partial charge on any atom is -0.380 e. The van der Waals surface area contributed by atoms with Crippen LogP contribution < -0.4 is 5.32 Å². The van der Waals surface area contributed by atoms with Crippen molar-refractivity contribution in [3.63, 3.8) is 0 Å². The van der Waals surface area contributed by atoms with Crippen molar-refractivity contribution in [2.75, 3.05) is 7.11 Å². The standard InChI is InChI=1S/C18H25N3O2/c1-18(2,3)16(11-21-10-9-19-13-21)20-17(22)15-7-5-14(6-8-15)12-23-4/h5-10,13,16H,11-12H2,1-4H3,(H,20,22). The van der Waals surface area contributed by atoms with Crippen molar-refractivity contribution < 1.29 is 9.53 Å². The minimum atomic E-state index is -0.0611. The predicted molar refractivity (Wildman–Crippen MR) is 90.1 cm³/mol. The van der Waals surface area contributed by atoms with Gasteiger partial charge >= 0.3 is 0 Å². The van der Waals surface area contributed by atoms with Crippen molar-refractivity contribution in [3.8, 4) is 0 Å². The monoisotopic (exact) mass is 315 g/mol. The first-order valence-corrected chi connectivity index (χ1v) is 7.74. The van der Waals surface area contributed by atoms with Gasteiger partial charge in [-0.25, -0.2) is 4.98 Å². The number of nitrogens with zero attached hydrogens (tertiary/aromatic N) is 2. The molecule has 0 aliphatic carbocycles. The molecule has 1 heterocycles. The number of carbonyl (C=O) groups is 1. The highest BCUT2D eigenvalue weighted by molar-refractivity contribution is 5.94. The maximum absolute atomic E-state index is 12.5. The fourth-order valence-corrected chi connectivity index (χ4v) is 2.30. The molecular formula is C18H25N3O2. The van der Waals surface area contributed by atoms with Gasteiger partial charge in [0.05, 0.1) is 19.0 Å². The molecule has 0 bridgehead atoms. The molecule has 5 nitrogen and oxygen atoms in total. The Balaban J connectivity index is 2.07. The summed E-state index contributed by atoms with van der Waals surface area (Å²) >= 11 is 0. The van der Waals surface area contributed by atoms with E-state index in [2.05, 4.69) is 31.1 Å². The van der Waals surface area contributed by atoms with Crippen molar-refractivity contribution in [1.29, 1.82) is 0 Å². The van der Waals surface area contributed by atoms with Gasteiger partial charge < -0.3 is 14.6 Å². The number of benzene rings is 1. The number of carbonyl (C=O) groups excluding carboxylic acids is 1. The first-order valence-electron chi connectivity index (χ1n) is 7.74. The molecule has 1 unspecified atom stereocenters. The number of hydrogen-bond donors (Lipinski definition) is 1. The second-order valence-electron chi connectivity index (χ2n) is 6.78. The summed E-state index contributed by atoms with van der Waals surface area (Å²) in [5.41, 5.74) is 1.65. The van der Waals surface area contributed by atoms with Crippen LogP contribution in [0, 0.1) is 5.41 Å². The third kappa shape index (κ3) is 4.93. The second-order valence-corrected chi connectivity index (χ2v) is 6.78. The summed E-state index contributed by atoms with van der Waals surface area (Å²) in [6.45, 7) is 7.60. The van der Waals surface area contributed by atoms with Crippen molar-refractivity contribution in [2.45, 2.75) is 40.0 Å². The SMILES string of the molecule is COCc1ccc(C(=O)NC(Cn2ccnc2)C(C)(C)C)cc1. The van der Waals surface area contributed by atoms with E-state index in [1.54, 1.807) is 19.6 Å². The highest BCUT2D eigenvalue weighted by atomic mass is 16.5. The summed E-state index contributed by atoms with van der Waals surface area (Å²) in [6, 6.07) is 7.50. The molecule has 0 spiro atoms. The Kier molecular flexibility index (Phi) is 5.55. The van der Waals surface area contributed by atoms with Gasteiger partial charge in [0.25, 0.3) is 5.91 Å². The average molecular weight is 315 g/mol. The van der Waals surface area contributed by atoms with Crippen molar-refractivity contribution in [1.82, 2.24) is 14.9 Å². The van der Waals surface area contributed by atoms with Crippen LogP contribution in [0.2, 0.25) is 0 Å². The maximum Gasteiger partial charge on any atom is 0.251 e. The third-order valence-electron chi connectivity index (χ3n) is 3.83. The summed E-state index contributed by atoms with van der Waals surface area (Å²) < 4.78 is 7.07. The van der Waals surface area contributed by atoms with Gasteiger partial charge in [0.1, 0.15) is 0 Å². The van der Waals surface area contributed by atoms with E-state index in [4.69, 9.17) is 4.74 Å². The molecule has 1 aromatic heterocycles. The van der Waals surface area contributed by atoms with Crippen LogP contribution in [0.1, 0.15) is 36.7 Å². The van der Waals surface area contributed by atoms with Gasteiger partial charge in [-0.15, -0.1) is 0 Å². The first kappa shape index (κ1) is 17.2. The lowest BCUT2D eigenvalue weighted by molar-refractivity contribution is 0.0892. The third-order valence-corrected chi connectivity index (χ3v) is 3.83. The molecule has 23 heavy (non-hydrogen) atoms. The van der Waals surface area contributed by atoms with Crippen LogP contribution in [-0.4, -0.2) is 28.6 Å². The second kappa shape index (κ2) is 7.42. The van der Waals surface area contributed by atoms with Gasteiger partial charge in [0.15, 0.2) is 0 Å². The summed E-state index contributed by atoms with van der Waals surface area (Å²) in [4.78, 5) is 16.6. The van der Waals surface area contributed by atoms with E-state index in [1.165, 1.54) is 0 Å². The molecule has 1 amide bonds. The molecule has 2 rings (SSSR count). The molecule has 0 aliphatic rings. The largest absolute Gasteiger partial charge is 0.380 e. The van der Waals surface area contributed by atoms with Crippen LogP contribution in [0.15, 0.2) is 43.0 Å². The Labute approximate surface area is 137 Å². The normalized spacial score (nSPS) is 12.9. The molecule has 1 aromatic carbocycles. The number of amides is 1. The number of nitrogens with one attached hydrogen (secondary N) is 1. The van der Waals surface area contributed by atoms with Gasteiger partial charge in [-0.1, -0.05) is 32.9 Å². The zero-order valence-electron chi connectivity index (χ0n) is 14.2. The van der Waals surface area contributed by atoms with Gasteiger partial charge in [-0.3, -0.25) is 4.79 Å². The van der Waals surface area contributed by atoms with E-state index in [9.17, 15) is 4.79 Å². The molecule has 0 aliphatic heterocycles. The first-order chi connectivity index (χ1) is 10.9. The quantitative estimate of drug-likeness (QED) is 0.892. The lowest BCUT2D eigenvalue weighted by Gasteiger charge is -2.31. The molecule has 5 heteroatoms. The summed E-state index contributed by atoms with van der Waals surface area (Å²) in [5.74, 6) is -0.0611. The molecule has 1 N–H and O–H groups in total. The van der Waals surface area contributed by atoms with Crippen molar-refractivity contribution >= 4 is 5.91 Å². The number of ether oxygens (including phenoxy) is 1. The Morgan fingerprint density at radius 3 is 2.52 bits per heavy atom. The molecule has 0 fully saturated rings. The Morgan fingerprint density at radius 2 is 2.00 bits per heavy atom. The lowest BCUT2D eigenvalue weighted by atomic mass is 9.86. The highest BCUT2D eigenvalue weighted by Crippen LogP contribution is 2.21. The van der Waals surface area contributed by atoms with Crippen LogP contribution in [0.25, 0.3) is 0 Å². The average Bonchev–Trinajstić information content (AvgIpc) is 3.00. The molecule has 124 valence electrons. The van der Waals surface area contributed by atoms with Crippen LogP contribution in [0.4, 0.5) is 0 Å². The van der Waals surface area contributed by atoms with Crippen LogP contribution >= 0.6 is 0 Å². The fraction of sp³-hybridized carbons (Fsp3) is 0.444. The topological polar surface area (TPSA) is 56.1 Å². The molecule has 0 saturated heterocycles. The van der Waals surface area contributed by atoms with Gasteiger partial charge in [-0.2, -0.15) is 0 Å². The number of hydrogen-bond acceptors (Lipinski definition) is 3. The van der Waals surface area contributed by atoms with E-state index < -0.39 is 0 Å². The van der Waals surface area contributed by atoms with Gasteiger partial charge in [-0.05, 0) is 23.1 Å². The summed E-state index contributed by atoms with van der Waals surface area (Å²) in [5, 5.41) is 3.14. The highest BCUT2D eigenvalue weighted by Gasteiger charge is 2.26. The zero-order chi connectivity index (χ0) is 16.9. The Morgan fingerprint density at radius 1 is 1.30 bits per heavy atom. The van der Waals surface area contributed by atoms with Crippen molar-refractivity contribution in [2.24, 2.45) is 5.41 Å². The minimum absolute atomic E-state index is 0.00264. The Bertz CT molecular complexity index is 613. The fourth-order valence-electron chi connectivity index (χ4n) is 2.30. The number of methoxy groups -OCH3 is 1. The van der Waals surface area contributed by atoms with Gasteiger partial charge in [0.2, 0.25) is 0 Å². The molecule has 0 saturated carbocycles.